The Balaban J connectivity index is 1.99. The Bertz CT molecular complexity index is 426. The highest BCUT2D eigenvalue weighted by Crippen LogP contribution is 2.35. The van der Waals surface area contributed by atoms with Gasteiger partial charge in [0.2, 0.25) is 0 Å². The van der Waals surface area contributed by atoms with Crippen LogP contribution in [-0.4, -0.2) is 55.2 Å². The van der Waals surface area contributed by atoms with Crippen LogP contribution in [0.4, 0.5) is 0 Å². The Labute approximate surface area is 123 Å². The quantitative estimate of drug-likeness (QED) is 0.861. The SMILES string of the molecule is CC1CCC(O)(CN(C)[C@@H]2CCC[C@@H]2S(C)(=O)=O)CC1. The summed E-state index contributed by atoms with van der Waals surface area (Å²) in [4.78, 5) is 2.11. The zero-order valence-electron chi connectivity index (χ0n) is 13.0. The lowest BCUT2D eigenvalue weighted by atomic mass is 9.79. The molecule has 0 heterocycles. The molecule has 118 valence electrons. The molecule has 0 unspecified atom stereocenters. The van der Waals surface area contributed by atoms with E-state index < -0.39 is 15.4 Å². The minimum atomic E-state index is -2.99. The molecule has 2 atom stereocenters. The van der Waals surface area contributed by atoms with E-state index in [-0.39, 0.29) is 11.3 Å². The zero-order valence-corrected chi connectivity index (χ0v) is 13.8. The topological polar surface area (TPSA) is 57.6 Å². The number of sulfone groups is 1. The van der Waals surface area contributed by atoms with Gasteiger partial charge < -0.3 is 5.11 Å². The molecular weight excluding hydrogens is 274 g/mol. The summed E-state index contributed by atoms with van der Waals surface area (Å²) in [6.07, 6.45) is 7.85. The van der Waals surface area contributed by atoms with Crippen LogP contribution in [0.1, 0.15) is 51.9 Å². The second kappa shape index (κ2) is 5.93. The monoisotopic (exact) mass is 303 g/mol. The smallest absolute Gasteiger partial charge is 0.151 e. The van der Waals surface area contributed by atoms with E-state index in [2.05, 4.69) is 11.8 Å². The van der Waals surface area contributed by atoms with Gasteiger partial charge in [-0.3, -0.25) is 4.90 Å². The van der Waals surface area contributed by atoms with Crippen molar-refractivity contribution in [1.29, 1.82) is 0 Å². The molecule has 2 rings (SSSR count). The molecule has 20 heavy (non-hydrogen) atoms. The maximum Gasteiger partial charge on any atom is 0.151 e. The third-order valence-corrected chi connectivity index (χ3v) is 6.93. The molecule has 2 aliphatic carbocycles. The fourth-order valence-electron chi connectivity index (χ4n) is 3.95. The minimum absolute atomic E-state index is 0.0772. The van der Waals surface area contributed by atoms with Crippen molar-refractivity contribution < 1.29 is 13.5 Å². The summed E-state index contributed by atoms with van der Waals surface area (Å²) < 4.78 is 23.7. The second-order valence-electron chi connectivity index (χ2n) is 7.19. The van der Waals surface area contributed by atoms with Crippen LogP contribution < -0.4 is 0 Å². The van der Waals surface area contributed by atoms with E-state index in [4.69, 9.17) is 0 Å². The Morgan fingerprint density at radius 1 is 1.20 bits per heavy atom. The highest BCUT2D eigenvalue weighted by atomic mass is 32.2. The summed E-state index contributed by atoms with van der Waals surface area (Å²) in [6, 6.07) is 0.0772. The first-order valence-electron chi connectivity index (χ1n) is 7.83. The number of rotatable bonds is 4. The van der Waals surface area contributed by atoms with E-state index in [0.29, 0.717) is 12.5 Å². The van der Waals surface area contributed by atoms with Crippen LogP contribution in [0, 0.1) is 5.92 Å². The standard InChI is InChI=1S/C15H29NO3S/c1-12-7-9-15(17,10-8-12)11-16(2)13-5-4-6-14(13)20(3,18)19/h12-14,17H,4-11H2,1-3H3/t12?,13-,14+,15?/m1/s1. The van der Waals surface area contributed by atoms with Crippen LogP contribution in [0.2, 0.25) is 0 Å². The zero-order chi connectivity index (χ0) is 15.0. The van der Waals surface area contributed by atoms with E-state index in [1.54, 1.807) is 0 Å². The van der Waals surface area contributed by atoms with Crippen LogP contribution in [-0.2, 0) is 9.84 Å². The van der Waals surface area contributed by atoms with Crippen molar-refractivity contribution in [3.63, 3.8) is 0 Å². The largest absolute Gasteiger partial charge is 0.389 e. The maximum atomic E-state index is 11.9. The van der Waals surface area contributed by atoms with Gasteiger partial charge in [0, 0.05) is 18.8 Å². The molecule has 0 bridgehead atoms. The Kier molecular flexibility index (Phi) is 4.82. The highest BCUT2D eigenvalue weighted by molar-refractivity contribution is 7.91. The highest BCUT2D eigenvalue weighted by Gasteiger charge is 2.40. The van der Waals surface area contributed by atoms with Crippen molar-refractivity contribution in [1.82, 2.24) is 4.90 Å². The molecule has 0 spiro atoms. The Morgan fingerprint density at radius 3 is 2.35 bits per heavy atom. The van der Waals surface area contributed by atoms with Crippen molar-refractivity contribution in [2.45, 2.75) is 68.8 Å². The van der Waals surface area contributed by atoms with Crippen molar-refractivity contribution in [3.8, 4) is 0 Å². The summed E-state index contributed by atoms with van der Waals surface area (Å²) >= 11 is 0. The predicted octanol–water partition coefficient (Wildman–Crippen LogP) is 1.83. The predicted molar refractivity (Wildman–Crippen MR) is 81.5 cm³/mol. The van der Waals surface area contributed by atoms with Crippen molar-refractivity contribution in [2.24, 2.45) is 5.92 Å². The van der Waals surface area contributed by atoms with Gasteiger partial charge >= 0.3 is 0 Å². The first kappa shape index (κ1) is 16.2. The molecule has 0 aliphatic heterocycles. The fraction of sp³-hybridized carbons (Fsp3) is 1.00. The summed E-state index contributed by atoms with van der Waals surface area (Å²) in [5.41, 5.74) is -0.619. The van der Waals surface area contributed by atoms with E-state index >= 15 is 0 Å². The molecular formula is C15H29NO3S. The van der Waals surface area contributed by atoms with Gasteiger partial charge in [0.15, 0.2) is 9.84 Å². The molecule has 4 nitrogen and oxygen atoms in total. The van der Waals surface area contributed by atoms with Gasteiger partial charge in [-0.25, -0.2) is 8.42 Å². The van der Waals surface area contributed by atoms with Crippen molar-refractivity contribution in [3.05, 3.63) is 0 Å². The Hall–Kier alpha value is -0.130. The van der Waals surface area contributed by atoms with Crippen LogP contribution in [0.15, 0.2) is 0 Å². The second-order valence-corrected chi connectivity index (χ2v) is 9.45. The molecule has 0 amide bonds. The molecule has 0 aromatic rings. The summed E-state index contributed by atoms with van der Waals surface area (Å²) in [7, 11) is -1.01. The average Bonchev–Trinajstić information content (AvgIpc) is 2.82. The molecule has 0 radical (unpaired) electrons. The van der Waals surface area contributed by atoms with Crippen molar-refractivity contribution in [2.75, 3.05) is 19.8 Å². The molecule has 2 fully saturated rings. The van der Waals surface area contributed by atoms with Crippen LogP contribution in [0.5, 0.6) is 0 Å². The molecule has 2 saturated carbocycles. The van der Waals surface area contributed by atoms with E-state index in [0.717, 1.165) is 44.9 Å². The third-order valence-electron chi connectivity index (χ3n) is 5.28. The van der Waals surface area contributed by atoms with Crippen LogP contribution in [0.25, 0.3) is 0 Å². The van der Waals surface area contributed by atoms with Gasteiger partial charge in [0.1, 0.15) is 0 Å². The first-order chi connectivity index (χ1) is 9.21. The Morgan fingerprint density at radius 2 is 1.80 bits per heavy atom. The van der Waals surface area contributed by atoms with Crippen LogP contribution >= 0.6 is 0 Å². The van der Waals surface area contributed by atoms with Crippen molar-refractivity contribution >= 4 is 9.84 Å². The number of aliphatic hydroxyl groups is 1. The van der Waals surface area contributed by atoms with Gasteiger partial charge in [0.05, 0.1) is 10.9 Å². The van der Waals surface area contributed by atoms with Gasteiger partial charge in [-0.15, -0.1) is 0 Å². The number of hydrogen-bond donors (Lipinski definition) is 1. The molecule has 0 saturated heterocycles. The number of likely N-dealkylation sites (N-methyl/N-ethyl adjacent to an activating group) is 1. The number of hydrogen-bond acceptors (Lipinski definition) is 4. The third kappa shape index (κ3) is 3.74. The average molecular weight is 303 g/mol. The summed E-state index contributed by atoms with van der Waals surface area (Å²) in [5.74, 6) is 0.704. The molecule has 0 aromatic carbocycles. The normalized spacial score (nSPS) is 39.4. The van der Waals surface area contributed by atoms with E-state index in [1.165, 1.54) is 6.26 Å². The molecule has 5 heteroatoms. The fourth-order valence-corrected chi connectivity index (χ4v) is 5.46. The maximum absolute atomic E-state index is 11.9. The lowest BCUT2D eigenvalue weighted by Gasteiger charge is -2.40. The van der Waals surface area contributed by atoms with E-state index in [1.807, 2.05) is 7.05 Å². The minimum Gasteiger partial charge on any atom is -0.389 e. The lowest BCUT2D eigenvalue weighted by molar-refractivity contribution is -0.0370. The summed E-state index contributed by atoms with van der Waals surface area (Å²) in [6.45, 7) is 2.84. The van der Waals surface area contributed by atoms with Gasteiger partial charge in [-0.1, -0.05) is 13.3 Å². The van der Waals surface area contributed by atoms with E-state index in [9.17, 15) is 13.5 Å². The van der Waals surface area contributed by atoms with Gasteiger partial charge in [0.25, 0.3) is 0 Å². The summed E-state index contributed by atoms with van der Waals surface area (Å²) in [5, 5.41) is 10.5. The number of nitrogens with zero attached hydrogens (tertiary/aromatic N) is 1. The lowest BCUT2D eigenvalue weighted by Crippen LogP contribution is -2.50. The van der Waals surface area contributed by atoms with Crippen LogP contribution in [0.3, 0.4) is 0 Å². The first-order valence-corrected chi connectivity index (χ1v) is 9.78. The molecule has 2 aliphatic rings. The molecule has 0 aromatic heterocycles. The van der Waals surface area contributed by atoms with Gasteiger partial charge in [-0.2, -0.15) is 0 Å². The van der Waals surface area contributed by atoms with Gasteiger partial charge in [-0.05, 0) is 51.5 Å². The molecule has 1 N–H and O–H groups in total.